The standard InChI is InChI=1S/C17H24ClNO4S/c1-4-23-9-5-8-19(11-12(2)17(21)22)16(20)14-10-13(24-3)6-7-15(14)18/h6-7,10,12H,4-5,8-9,11H2,1-3H3,(H,21,22). The summed E-state index contributed by atoms with van der Waals surface area (Å²) >= 11 is 7.70. The quantitative estimate of drug-likeness (QED) is 0.501. The number of carboxylic acid groups (broad SMARTS) is 1. The molecule has 5 nitrogen and oxygen atoms in total. The molecule has 134 valence electrons. The van der Waals surface area contributed by atoms with Gasteiger partial charge in [-0.25, -0.2) is 0 Å². The molecule has 0 heterocycles. The van der Waals surface area contributed by atoms with Gasteiger partial charge in [-0.05, 0) is 37.8 Å². The van der Waals surface area contributed by atoms with Gasteiger partial charge in [0.1, 0.15) is 0 Å². The average molecular weight is 374 g/mol. The van der Waals surface area contributed by atoms with Crippen LogP contribution in [-0.2, 0) is 9.53 Å². The van der Waals surface area contributed by atoms with Crippen LogP contribution in [0.3, 0.4) is 0 Å². The van der Waals surface area contributed by atoms with Gasteiger partial charge in [0.15, 0.2) is 0 Å². The molecule has 0 radical (unpaired) electrons. The van der Waals surface area contributed by atoms with E-state index in [0.717, 1.165) is 4.90 Å². The Labute approximate surface area is 152 Å². The summed E-state index contributed by atoms with van der Waals surface area (Å²) in [6.45, 7) is 5.20. The molecule has 0 spiro atoms. The molecule has 0 aliphatic carbocycles. The number of carbonyl (C=O) groups is 2. The molecule has 1 rings (SSSR count). The van der Waals surface area contributed by atoms with Gasteiger partial charge in [0.25, 0.3) is 5.91 Å². The maximum atomic E-state index is 12.9. The molecule has 1 atom stereocenters. The number of aliphatic carboxylic acids is 1. The zero-order chi connectivity index (χ0) is 18.1. The lowest BCUT2D eigenvalue weighted by molar-refractivity contribution is -0.141. The first-order valence-electron chi connectivity index (χ1n) is 7.84. The molecule has 0 aromatic heterocycles. The number of hydrogen-bond acceptors (Lipinski definition) is 4. The van der Waals surface area contributed by atoms with Gasteiger partial charge in [0.05, 0.1) is 16.5 Å². The van der Waals surface area contributed by atoms with Crippen molar-refractivity contribution in [1.29, 1.82) is 0 Å². The molecule has 0 aliphatic rings. The lowest BCUT2D eigenvalue weighted by Crippen LogP contribution is -2.38. The van der Waals surface area contributed by atoms with Crippen LogP contribution in [0.4, 0.5) is 0 Å². The summed E-state index contributed by atoms with van der Waals surface area (Å²) in [7, 11) is 0. The SMILES string of the molecule is CCOCCCN(CC(C)C(=O)O)C(=O)c1cc(SC)ccc1Cl. The van der Waals surface area contributed by atoms with Crippen LogP contribution >= 0.6 is 23.4 Å². The average Bonchev–Trinajstić information content (AvgIpc) is 2.57. The summed E-state index contributed by atoms with van der Waals surface area (Å²) in [5.74, 6) is -1.83. The maximum absolute atomic E-state index is 12.9. The zero-order valence-corrected chi connectivity index (χ0v) is 15.8. The van der Waals surface area contributed by atoms with E-state index in [1.54, 1.807) is 24.0 Å². The third-order valence-electron chi connectivity index (χ3n) is 3.53. The predicted octanol–water partition coefficient (Wildman–Crippen LogP) is 3.65. The molecule has 7 heteroatoms. The van der Waals surface area contributed by atoms with Crippen LogP contribution in [0.5, 0.6) is 0 Å². The monoisotopic (exact) mass is 373 g/mol. The Bertz CT molecular complexity index is 568. The van der Waals surface area contributed by atoms with E-state index in [4.69, 9.17) is 21.4 Å². The first kappa shape index (κ1) is 20.8. The van der Waals surface area contributed by atoms with Crippen molar-refractivity contribution in [3.05, 3.63) is 28.8 Å². The molecule has 1 amide bonds. The molecule has 0 bridgehead atoms. The van der Waals surface area contributed by atoms with Crippen molar-refractivity contribution in [3.8, 4) is 0 Å². The van der Waals surface area contributed by atoms with Crippen molar-refractivity contribution < 1.29 is 19.4 Å². The predicted molar refractivity (Wildman–Crippen MR) is 97.0 cm³/mol. The Morgan fingerprint density at radius 3 is 2.71 bits per heavy atom. The van der Waals surface area contributed by atoms with Crippen molar-refractivity contribution in [3.63, 3.8) is 0 Å². The van der Waals surface area contributed by atoms with Crippen molar-refractivity contribution >= 4 is 35.2 Å². The smallest absolute Gasteiger partial charge is 0.308 e. The Morgan fingerprint density at radius 2 is 2.12 bits per heavy atom. The van der Waals surface area contributed by atoms with Crippen molar-refractivity contribution in [2.24, 2.45) is 5.92 Å². The number of hydrogen-bond donors (Lipinski definition) is 1. The highest BCUT2D eigenvalue weighted by atomic mass is 35.5. The van der Waals surface area contributed by atoms with E-state index in [1.807, 2.05) is 19.2 Å². The van der Waals surface area contributed by atoms with Crippen LogP contribution in [0.1, 0.15) is 30.6 Å². The molecule has 0 fully saturated rings. The Balaban J connectivity index is 2.94. The number of amides is 1. The van der Waals surface area contributed by atoms with Crippen LogP contribution in [0.2, 0.25) is 5.02 Å². The molecule has 1 unspecified atom stereocenters. The Hall–Kier alpha value is -1.24. The molecule has 0 aliphatic heterocycles. The lowest BCUT2D eigenvalue weighted by atomic mass is 10.1. The van der Waals surface area contributed by atoms with Crippen molar-refractivity contribution in [2.45, 2.75) is 25.2 Å². The van der Waals surface area contributed by atoms with E-state index >= 15 is 0 Å². The molecular weight excluding hydrogens is 350 g/mol. The Morgan fingerprint density at radius 1 is 1.42 bits per heavy atom. The highest BCUT2D eigenvalue weighted by molar-refractivity contribution is 7.98. The normalized spacial score (nSPS) is 12.0. The second-order valence-corrected chi connectivity index (χ2v) is 6.67. The van der Waals surface area contributed by atoms with Crippen LogP contribution in [0.15, 0.2) is 23.1 Å². The minimum absolute atomic E-state index is 0.139. The molecule has 1 aromatic rings. The number of benzene rings is 1. The van der Waals surface area contributed by atoms with E-state index in [9.17, 15) is 9.59 Å². The summed E-state index contributed by atoms with van der Waals surface area (Å²) in [6.07, 6.45) is 2.57. The van der Waals surface area contributed by atoms with E-state index in [1.165, 1.54) is 11.8 Å². The number of rotatable bonds is 10. The summed E-state index contributed by atoms with van der Waals surface area (Å²) in [4.78, 5) is 26.5. The van der Waals surface area contributed by atoms with Gasteiger partial charge in [0.2, 0.25) is 0 Å². The maximum Gasteiger partial charge on any atom is 0.308 e. The third kappa shape index (κ3) is 6.34. The van der Waals surface area contributed by atoms with E-state index < -0.39 is 11.9 Å². The molecule has 24 heavy (non-hydrogen) atoms. The molecule has 0 saturated carbocycles. The highest BCUT2D eigenvalue weighted by Crippen LogP contribution is 2.24. The van der Waals surface area contributed by atoms with Crippen LogP contribution in [-0.4, -0.2) is 54.4 Å². The molecule has 1 aromatic carbocycles. The summed E-state index contributed by atoms with van der Waals surface area (Å²) in [5.41, 5.74) is 0.400. The fourth-order valence-electron chi connectivity index (χ4n) is 2.15. The summed E-state index contributed by atoms with van der Waals surface area (Å²) < 4.78 is 5.30. The van der Waals surface area contributed by atoms with Gasteiger partial charge >= 0.3 is 5.97 Å². The van der Waals surface area contributed by atoms with Crippen molar-refractivity contribution in [1.82, 2.24) is 4.90 Å². The highest BCUT2D eigenvalue weighted by Gasteiger charge is 2.23. The third-order valence-corrected chi connectivity index (χ3v) is 4.58. The van der Waals surface area contributed by atoms with E-state index in [2.05, 4.69) is 0 Å². The number of carbonyl (C=O) groups excluding carboxylic acids is 1. The minimum atomic E-state index is -0.929. The van der Waals surface area contributed by atoms with Crippen LogP contribution < -0.4 is 0 Å². The largest absolute Gasteiger partial charge is 0.481 e. The molecular formula is C17H24ClNO4S. The number of ether oxygens (including phenoxy) is 1. The lowest BCUT2D eigenvalue weighted by Gasteiger charge is -2.25. The van der Waals surface area contributed by atoms with E-state index in [-0.39, 0.29) is 12.5 Å². The number of nitrogens with zero attached hydrogens (tertiary/aromatic N) is 1. The van der Waals surface area contributed by atoms with Crippen LogP contribution in [0.25, 0.3) is 0 Å². The number of carboxylic acids is 1. The van der Waals surface area contributed by atoms with Crippen LogP contribution in [0, 0.1) is 5.92 Å². The van der Waals surface area contributed by atoms with Gasteiger partial charge in [-0.1, -0.05) is 18.5 Å². The molecule has 0 saturated heterocycles. The zero-order valence-electron chi connectivity index (χ0n) is 14.3. The second-order valence-electron chi connectivity index (χ2n) is 5.39. The van der Waals surface area contributed by atoms with Gasteiger partial charge in [-0.3, -0.25) is 9.59 Å². The summed E-state index contributed by atoms with van der Waals surface area (Å²) in [6, 6.07) is 5.29. The first-order valence-corrected chi connectivity index (χ1v) is 9.44. The number of halogens is 1. The van der Waals surface area contributed by atoms with Gasteiger partial charge in [-0.15, -0.1) is 11.8 Å². The van der Waals surface area contributed by atoms with Gasteiger partial charge in [0, 0.05) is 31.2 Å². The minimum Gasteiger partial charge on any atom is -0.481 e. The topological polar surface area (TPSA) is 66.8 Å². The summed E-state index contributed by atoms with van der Waals surface area (Å²) in [5, 5.41) is 9.51. The second kappa shape index (κ2) is 10.6. The van der Waals surface area contributed by atoms with Gasteiger partial charge in [-0.2, -0.15) is 0 Å². The fraction of sp³-hybridized carbons (Fsp3) is 0.529. The number of thioether (sulfide) groups is 1. The molecule has 1 N–H and O–H groups in total. The fourth-order valence-corrected chi connectivity index (χ4v) is 2.79. The van der Waals surface area contributed by atoms with Crippen molar-refractivity contribution in [2.75, 3.05) is 32.6 Å². The van der Waals surface area contributed by atoms with E-state index in [0.29, 0.717) is 36.8 Å². The Kier molecular flexibility index (Phi) is 9.18. The first-order chi connectivity index (χ1) is 11.4. The van der Waals surface area contributed by atoms with Gasteiger partial charge < -0.3 is 14.7 Å².